The summed E-state index contributed by atoms with van der Waals surface area (Å²) in [6.45, 7) is 3.24. The van der Waals surface area contributed by atoms with Gasteiger partial charge in [-0.25, -0.2) is 4.98 Å². The fraction of sp³-hybridized carbons (Fsp3) is 0.318. The number of aromatic nitrogens is 1. The predicted octanol–water partition coefficient (Wildman–Crippen LogP) is 3.88. The van der Waals surface area contributed by atoms with Gasteiger partial charge < -0.3 is 0 Å². The lowest BCUT2D eigenvalue weighted by Gasteiger charge is -2.29. The van der Waals surface area contributed by atoms with Crippen LogP contribution in [0.1, 0.15) is 29.7 Å². The Morgan fingerprint density at radius 2 is 2.03 bits per heavy atom. The maximum atomic E-state index is 13.3. The maximum absolute atomic E-state index is 13.3. The van der Waals surface area contributed by atoms with Gasteiger partial charge in [0.05, 0.1) is 12.1 Å². The number of terminal acetylenes is 1. The van der Waals surface area contributed by atoms with Crippen molar-refractivity contribution in [1.29, 1.82) is 0 Å². The molecule has 0 saturated carbocycles. The highest BCUT2D eigenvalue weighted by Gasteiger charge is 2.41. The first kappa shape index (κ1) is 21.4. The Bertz CT molecular complexity index is 1030. The molecule has 0 radical (unpaired) electrons. The zero-order chi connectivity index (χ0) is 22.1. The standard InChI is InChI=1S/C22H20F3N3O2/c1-4-10-27(17-7-5-6-14(2)11-17)21(30)18-8-9-20(29)28(18)19-13-16(22(23,24)25)12-15(3)26-19/h1,5-7,11-13,18H,8-10H2,2-3H3/t18-/m0/s1. The van der Waals surface area contributed by atoms with E-state index < -0.39 is 29.6 Å². The van der Waals surface area contributed by atoms with Gasteiger partial charge in [0.15, 0.2) is 0 Å². The molecule has 5 nitrogen and oxygen atoms in total. The summed E-state index contributed by atoms with van der Waals surface area (Å²) in [5.41, 5.74) is 0.655. The number of carbonyl (C=O) groups excluding carboxylic acids is 2. The Morgan fingerprint density at radius 3 is 2.67 bits per heavy atom. The Kier molecular flexibility index (Phi) is 5.83. The summed E-state index contributed by atoms with van der Waals surface area (Å²) in [5, 5.41) is 0. The number of carbonyl (C=O) groups is 2. The van der Waals surface area contributed by atoms with Crippen LogP contribution in [-0.4, -0.2) is 29.4 Å². The molecule has 2 amide bonds. The average molecular weight is 415 g/mol. The van der Waals surface area contributed by atoms with Crippen LogP contribution in [-0.2, 0) is 15.8 Å². The number of benzene rings is 1. The van der Waals surface area contributed by atoms with Gasteiger partial charge in [-0.3, -0.25) is 19.4 Å². The third-order valence-corrected chi connectivity index (χ3v) is 4.84. The molecule has 1 fully saturated rings. The van der Waals surface area contributed by atoms with Crippen LogP contribution in [0.2, 0.25) is 0 Å². The van der Waals surface area contributed by atoms with Gasteiger partial charge in [0.2, 0.25) is 5.91 Å². The summed E-state index contributed by atoms with van der Waals surface area (Å²) in [6.07, 6.45) is 1.05. The Labute approximate surface area is 172 Å². The first-order valence-corrected chi connectivity index (χ1v) is 9.31. The monoisotopic (exact) mass is 415 g/mol. The topological polar surface area (TPSA) is 53.5 Å². The van der Waals surface area contributed by atoms with E-state index in [1.54, 1.807) is 18.2 Å². The van der Waals surface area contributed by atoms with Crippen LogP contribution in [0.15, 0.2) is 36.4 Å². The molecule has 8 heteroatoms. The van der Waals surface area contributed by atoms with Gasteiger partial charge >= 0.3 is 6.18 Å². The molecule has 1 aromatic carbocycles. The summed E-state index contributed by atoms with van der Waals surface area (Å²) in [7, 11) is 0. The highest BCUT2D eigenvalue weighted by molar-refractivity contribution is 6.08. The fourth-order valence-corrected chi connectivity index (χ4v) is 3.51. The average Bonchev–Trinajstić information content (AvgIpc) is 3.06. The Balaban J connectivity index is 2.01. The lowest BCUT2D eigenvalue weighted by atomic mass is 10.1. The van der Waals surface area contributed by atoms with Crippen molar-refractivity contribution in [3.05, 3.63) is 53.2 Å². The van der Waals surface area contributed by atoms with Crippen molar-refractivity contribution in [2.24, 2.45) is 0 Å². The van der Waals surface area contributed by atoms with Gasteiger partial charge in [0.1, 0.15) is 11.9 Å². The second-order valence-corrected chi connectivity index (χ2v) is 7.14. The summed E-state index contributed by atoms with van der Waals surface area (Å²) in [6, 6.07) is 7.85. The SMILES string of the molecule is C#CCN(C(=O)[C@@H]1CCC(=O)N1c1cc(C(F)(F)F)cc(C)n1)c1cccc(C)c1. The molecule has 2 aromatic rings. The molecule has 0 unspecified atom stereocenters. The number of anilines is 2. The van der Waals surface area contributed by atoms with Gasteiger partial charge in [-0.15, -0.1) is 6.42 Å². The number of aryl methyl sites for hydroxylation is 2. The quantitative estimate of drug-likeness (QED) is 0.713. The molecule has 3 rings (SSSR count). The van der Waals surface area contributed by atoms with E-state index in [1.807, 2.05) is 13.0 Å². The number of amides is 2. The Morgan fingerprint density at radius 1 is 1.30 bits per heavy atom. The number of hydrogen-bond donors (Lipinski definition) is 0. The molecular weight excluding hydrogens is 395 g/mol. The van der Waals surface area contributed by atoms with Gasteiger partial charge in [-0.1, -0.05) is 18.1 Å². The lowest BCUT2D eigenvalue weighted by Crippen LogP contribution is -2.47. The highest BCUT2D eigenvalue weighted by Crippen LogP contribution is 2.34. The van der Waals surface area contributed by atoms with Crippen LogP contribution in [0.25, 0.3) is 0 Å². The van der Waals surface area contributed by atoms with Crippen molar-refractivity contribution in [2.45, 2.75) is 38.9 Å². The van der Waals surface area contributed by atoms with Gasteiger partial charge in [-0.2, -0.15) is 13.2 Å². The fourth-order valence-electron chi connectivity index (χ4n) is 3.51. The molecule has 0 aliphatic carbocycles. The van der Waals surface area contributed by atoms with Crippen molar-refractivity contribution >= 4 is 23.3 Å². The van der Waals surface area contributed by atoms with E-state index in [4.69, 9.17) is 6.42 Å². The number of alkyl halides is 3. The van der Waals surface area contributed by atoms with E-state index in [0.717, 1.165) is 22.6 Å². The highest BCUT2D eigenvalue weighted by atomic mass is 19.4. The third kappa shape index (κ3) is 4.30. The van der Waals surface area contributed by atoms with Crippen LogP contribution < -0.4 is 9.80 Å². The van der Waals surface area contributed by atoms with Crippen LogP contribution >= 0.6 is 0 Å². The van der Waals surface area contributed by atoms with E-state index >= 15 is 0 Å². The molecule has 1 aliphatic rings. The van der Waals surface area contributed by atoms with Gasteiger partial charge in [0.25, 0.3) is 5.91 Å². The van der Waals surface area contributed by atoms with Crippen molar-refractivity contribution in [3.8, 4) is 12.3 Å². The molecule has 2 heterocycles. The van der Waals surface area contributed by atoms with Gasteiger partial charge in [-0.05, 0) is 50.1 Å². The van der Waals surface area contributed by atoms with Crippen LogP contribution in [0.5, 0.6) is 0 Å². The van der Waals surface area contributed by atoms with E-state index in [-0.39, 0.29) is 30.9 Å². The smallest absolute Gasteiger partial charge is 0.299 e. The number of rotatable bonds is 4. The normalized spacial score (nSPS) is 16.5. The van der Waals surface area contributed by atoms with E-state index in [2.05, 4.69) is 10.9 Å². The van der Waals surface area contributed by atoms with Crippen molar-refractivity contribution in [3.63, 3.8) is 0 Å². The van der Waals surface area contributed by atoms with Crippen LogP contribution in [0, 0.1) is 26.2 Å². The second kappa shape index (κ2) is 8.19. The van der Waals surface area contributed by atoms with Crippen LogP contribution in [0.4, 0.5) is 24.7 Å². The zero-order valence-corrected chi connectivity index (χ0v) is 16.5. The molecule has 1 aliphatic heterocycles. The van der Waals surface area contributed by atoms with Gasteiger partial charge in [0, 0.05) is 17.8 Å². The number of pyridine rings is 1. The maximum Gasteiger partial charge on any atom is 0.416 e. The molecule has 1 saturated heterocycles. The Hall–Kier alpha value is -3.34. The predicted molar refractivity (Wildman–Crippen MR) is 107 cm³/mol. The molecule has 30 heavy (non-hydrogen) atoms. The molecule has 1 aromatic heterocycles. The minimum atomic E-state index is -4.60. The number of hydrogen-bond acceptors (Lipinski definition) is 3. The van der Waals surface area contributed by atoms with Crippen molar-refractivity contribution in [1.82, 2.24) is 4.98 Å². The lowest BCUT2D eigenvalue weighted by molar-refractivity contribution is -0.137. The number of nitrogens with zero attached hydrogens (tertiary/aromatic N) is 3. The minimum Gasteiger partial charge on any atom is -0.299 e. The largest absolute Gasteiger partial charge is 0.416 e. The summed E-state index contributed by atoms with van der Waals surface area (Å²) in [4.78, 5) is 32.4. The van der Waals surface area contributed by atoms with Crippen LogP contribution in [0.3, 0.4) is 0 Å². The minimum absolute atomic E-state index is 0.0319. The first-order chi connectivity index (χ1) is 14.1. The molecule has 0 spiro atoms. The second-order valence-electron chi connectivity index (χ2n) is 7.14. The molecule has 1 atom stereocenters. The molecule has 0 N–H and O–H groups in total. The first-order valence-electron chi connectivity index (χ1n) is 9.31. The van der Waals surface area contributed by atoms with E-state index in [1.165, 1.54) is 11.8 Å². The van der Waals surface area contributed by atoms with Crippen molar-refractivity contribution < 1.29 is 22.8 Å². The van der Waals surface area contributed by atoms with E-state index in [9.17, 15) is 22.8 Å². The zero-order valence-electron chi connectivity index (χ0n) is 16.5. The summed E-state index contributed by atoms with van der Waals surface area (Å²) >= 11 is 0. The molecule has 156 valence electrons. The number of halogens is 3. The van der Waals surface area contributed by atoms with E-state index in [0.29, 0.717) is 5.69 Å². The van der Waals surface area contributed by atoms with Crippen molar-refractivity contribution in [2.75, 3.05) is 16.3 Å². The summed E-state index contributed by atoms with van der Waals surface area (Å²) < 4.78 is 39.7. The molecular formula is C22H20F3N3O2. The summed E-state index contributed by atoms with van der Waals surface area (Å²) in [5.74, 6) is 1.33. The molecule has 0 bridgehead atoms. The third-order valence-electron chi connectivity index (χ3n) is 4.84.